The number of anilines is 1. The fourth-order valence-electron chi connectivity index (χ4n) is 1.62. The van der Waals surface area contributed by atoms with Crippen LogP contribution in [-0.2, 0) is 0 Å². The number of aromatic amines is 2. The minimum absolute atomic E-state index is 0.537. The van der Waals surface area contributed by atoms with E-state index in [0.717, 1.165) is 22.3 Å². The molecule has 0 aliphatic carbocycles. The van der Waals surface area contributed by atoms with E-state index in [9.17, 15) is 0 Å². The van der Waals surface area contributed by atoms with Crippen molar-refractivity contribution in [3.05, 3.63) is 30.9 Å². The average molecular weight is 199 g/mol. The number of fused-ring (bicyclic) bond motifs is 1. The Morgan fingerprint density at radius 3 is 2.93 bits per heavy atom. The van der Waals surface area contributed by atoms with Gasteiger partial charge in [-0.05, 0) is 12.1 Å². The summed E-state index contributed by atoms with van der Waals surface area (Å²) in [4.78, 5) is 14.3. The van der Waals surface area contributed by atoms with E-state index in [2.05, 4.69) is 19.9 Å². The molecule has 0 aromatic carbocycles. The summed E-state index contributed by atoms with van der Waals surface area (Å²) >= 11 is 0. The van der Waals surface area contributed by atoms with E-state index in [4.69, 9.17) is 5.73 Å². The third-order valence-corrected chi connectivity index (χ3v) is 2.37. The SMILES string of the molecule is Nc1nccc2[nH]c(-c3cnc[nH]3)cc12. The van der Waals surface area contributed by atoms with Crippen LogP contribution in [0.5, 0.6) is 0 Å². The van der Waals surface area contributed by atoms with Gasteiger partial charge in [0.1, 0.15) is 5.82 Å². The van der Waals surface area contributed by atoms with E-state index in [1.54, 1.807) is 18.7 Å². The summed E-state index contributed by atoms with van der Waals surface area (Å²) in [6, 6.07) is 3.86. The van der Waals surface area contributed by atoms with Crippen LogP contribution in [0.3, 0.4) is 0 Å². The zero-order valence-electron chi connectivity index (χ0n) is 7.86. The van der Waals surface area contributed by atoms with Crippen LogP contribution < -0.4 is 5.73 Å². The van der Waals surface area contributed by atoms with Crippen molar-refractivity contribution in [3.8, 4) is 11.4 Å². The third-order valence-electron chi connectivity index (χ3n) is 2.37. The predicted octanol–water partition coefficient (Wildman–Crippen LogP) is 1.54. The number of nitrogens with two attached hydrogens (primary N) is 1. The number of imidazole rings is 1. The lowest BCUT2D eigenvalue weighted by atomic mass is 10.3. The van der Waals surface area contributed by atoms with Crippen LogP contribution in [0.4, 0.5) is 5.82 Å². The second-order valence-corrected chi connectivity index (χ2v) is 3.31. The summed E-state index contributed by atoms with van der Waals surface area (Å²) in [5.41, 5.74) is 8.64. The monoisotopic (exact) mass is 199 g/mol. The topological polar surface area (TPSA) is 83.4 Å². The molecule has 0 aliphatic heterocycles. The molecule has 5 heteroatoms. The molecule has 5 nitrogen and oxygen atoms in total. The number of nitrogens with one attached hydrogen (secondary N) is 2. The largest absolute Gasteiger partial charge is 0.383 e. The van der Waals surface area contributed by atoms with Crippen molar-refractivity contribution in [1.82, 2.24) is 19.9 Å². The van der Waals surface area contributed by atoms with Gasteiger partial charge in [-0.3, -0.25) is 0 Å². The molecule has 0 spiro atoms. The zero-order valence-corrected chi connectivity index (χ0v) is 7.86. The summed E-state index contributed by atoms with van der Waals surface area (Å²) in [7, 11) is 0. The highest BCUT2D eigenvalue weighted by Gasteiger charge is 2.06. The van der Waals surface area contributed by atoms with Crippen LogP contribution in [0.2, 0.25) is 0 Å². The third kappa shape index (κ3) is 1.17. The van der Waals surface area contributed by atoms with Crippen molar-refractivity contribution in [2.45, 2.75) is 0 Å². The molecule has 0 unspecified atom stereocenters. The summed E-state index contributed by atoms with van der Waals surface area (Å²) in [6.45, 7) is 0. The van der Waals surface area contributed by atoms with Gasteiger partial charge in [0.25, 0.3) is 0 Å². The van der Waals surface area contributed by atoms with Crippen LogP contribution >= 0.6 is 0 Å². The summed E-state index contributed by atoms with van der Waals surface area (Å²) in [6.07, 6.45) is 5.09. The van der Waals surface area contributed by atoms with E-state index in [1.165, 1.54) is 0 Å². The predicted molar refractivity (Wildman–Crippen MR) is 58.1 cm³/mol. The number of hydrogen-bond acceptors (Lipinski definition) is 3. The summed E-state index contributed by atoms with van der Waals surface area (Å²) < 4.78 is 0. The standard InChI is InChI=1S/C10H9N5/c11-10-6-3-8(9-4-12-5-14-9)15-7(6)1-2-13-10/h1-5,15H,(H2,11,13)(H,12,14). The van der Waals surface area contributed by atoms with Gasteiger partial charge in [0, 0.05) is 11.6 Å². The lowest BCUT2D eigenvalue weighted by molar-refractivity contribution is 1.30. The first-order valence-corrected chi connectivity index (χ1v) is 4.56. The number of nitrogens with zero attached hydrogens (tertiary/aromatic N) is 2. The van der Waals surface area contributed by atoms with Gasteiger partial charge in [-0.2, -0.15) is 0 Å². The van der Waals surface area contributed by atoms with Crippen molar-refractivity contribution < 1.29 is 0 Å². The lowest BCUT2D eigenvalue weighted by Crippen LogP contribution is -1.88. The van der Waals surface area contributed by atoms with E-state index in [0.29, 0.717) is 5.82 Å². The highest BCUT2D eigenvalue weighted by molar-refractivity contribution is 5.92. The number of hydrogen-bond donors (Lipinski definition) is 3. The molecule has 4 N–H and O–H groups in total. The van der Waals surface area contributed by atoms with Crippen LogP contribution in [0.1, 0.15) is 0 Å². The molecule has 0 saturated heterocycles. The molecular weight excluding hydrogens is 190 g/mol. The smallest absolute Gasteiger partial charge is 0.132 e. The van der Waals surface area contributed by atoms with Gasteiger partial charge in [0.05, 0.1) is 29.4 Å². The first-order valence-electron chi connectivity index (χ1n) is 4.56. The fourth-order valence-corrected chi connectivity index (χ4v) is 1.62. The molecule has 0 atom stereocenters. The molecule has 74 valence electrons. The highest BCUT2D eigenvalue weighted by Crippen LogP contribution is 2.24. The molecular formula is C10H9N5. The maximum atomic E-state index is 5.77. The molecule has 0 aliphatic rings. The minimum Gasteiger partial charge on any atom is -0.383 e. The first kappa shape index (κ1) is 8.05. The van der Waals surface area contributed by atoms with E-state index >= 15 is 0 Å². The van der Waals surface area contributed by atoms with Crippen molar-refractivity contribution in [2.75, 3.05) is 5.73 Å². The van der Waals surface area contributed by atoms with Gasteiger partial charge < -0.3 is 15.7 Å². The summed E-state index contributed by atoms with van der Waals surface area (Å²) in [5, 5.41) is 0.933. The Morgan fingerprint density at radius 1 is 1.27 bits per heavy atom. The number of nitrogen functional groups attached to an aromatic ring is 1. The van der Waals surface area contributed by atoms with Crippen LogP contribution in [0.15, 0.2) is 30.9 Å². The fraction of sp³-hybridized carbons (Fsp3) is 0. The Hall–Kier alpha value is -2.30. The van der Waals surface area contributed by atoms with Gasteiger partial charge >= 0.3 is 0 Å². The van der Waals surface area contributed by atoms with Gasteiger partial charge in [-0.1, -0.05) is 0 Å². The Labute approximate surface area is 85.4 Å². The van der Waals surface area contributed by atoms with E-state index < -0.39 is 0 Å². The van der Waals surface area contributed by atoms with Gasteiger partial charge in [-0.25, -0.2) is 9.97 Å². The van der Waals surface area contributed by atoms with Crippen molar-refractivity contribution >= 4 is 16.7 Å². The lowest BCUT2D eigenvalue weighted by Gasteiger charge is -1.91. The van der Waals surface area contributed by atoms with Gasteiger partial charge in [-0.15, -0.1) is 0 Å². The molecule has 0 radical (unpaired) electrons. The van der Waals surface area contributed by atoms with Crippen molar-refractivity contribution in [2.24, 2.45) is 0 Å². The molecule has 3 aromatic rings. The molecule has 15 heavy (non-hydrogen) atoms. The van der Waals surface area contributed by atoms with Crippen LogP contribution in [0.25, 0.3) is 22.3 Å². The molecule has 3 heterocycles. The normalized spacial score (nSPS) is 10.9. The Kier molecular flexibility index (Phi) is 1.53. The van der Waals surface area contributed by atoms with Gasteiger partial charge in [0.2, 0.25) is 0 Å². The maximum Gasteiger partial charge on any atom is 0.132 e. The van der Waals surface area contributed by atoms with Gasteiger partial charge in [0.15, 0.2) is 0 Å². The second-order valence-electron chi connectivity index (χ2n) is 3.31. The summed E-state index contributed by atoms with van der Waals surface area (Å²) in [5.74, 6) is 0.537. The van der Waals surface area contributed by atoms with E-state index in [1.807, 2.05) is 12.1 Å². The molecule has 0 fully saturated rings. The maximum absolute atomic E-state index is 5.77. The second kappa shape index (κ2) is 2.84. The van der Waals surface area contributed by atoms with Crippen LogP contribution in [0, 0.1) is 0 Å². The molecule has 0 saturated carbocycles. The number of H-pyrrole nitrogens is 2. The van der Waals surface area contributed by atoms with Crippen molar-refractivity contribution in [1.29, 1.82) is 0 Å². The molecule has 3 aromatic heterocycles. The Balaban J connectivity index is 2.27. The zero-order chi connectivity index (χ0) is 10.3. The molecule has 0 amide bonds. The molecule has 3 rings (SSSR count). The average Bonchev–Trinajstić information content (AvgIpc) is 2.86. The number of aromatic nitrogens is 4. The number of rotatable bonds is 1. The van der Waals surface area contributed by atoms with Crippen LogP contribution in [-0.4, -0.2) is 19.9 Å². The molecule has 0 bridgehead atoms. The minimum atomic E-state index is 0.537. The van der Waals surface area contributed by atoms with Crippen molar-refractivity contribution in [3.63, 3.8) is 0 Å². The van der Waals surface area contributed by atoms with E-state index in [-0.39, 0.29) is 0 Å². The number of pyridine rings is 1. The quantitative estimate of drug-likeness (QED) is 0.555. The highest BCUT2D eigenvalue weighted by atomic mass is 14.9. The Bertz CT molecular complexity index is 593. The first-order chi connectivity index (χ1) is 7.34. The Morgan fingerprint density at radius 2 is 2.20 bits per heavy atom.